The molecule has 21 heavy (non-hydrogen) atoms. The molecule has 1 aromatic carbocycles. The van der Waals surface area contributed by atoms with E-state index in [0.717, 1.165) is 10.6 Å². The van der Waals surface area contributed by atoms with Gasteiger partial charge < -0.3 is 10.4 Å². The highest BCUT2D eigenvalue weighted by atomic mass is 32.1. The van der Waals surface area contributed by atoms with E-state index in [1.165, 1.54) is 17.4 Å². The molecule has 0 spiro atoms. The molecule has 0 saturated heterocycles. The lowest BCUT2D eigenvalue weighted by atomic mass is 10.3. The molecule has 2 aromatic heterocycles. The Kier molecular flexibility index (Phi) is 3.41. The second kappa shape index (κ2) is 5.37. The van der Waals surface area contributed by atoms with E-state index in [9.17, 15) is 9.90 Å². The standard InChI is InChI=1S/C14H12N4O2S/c1-18-7-9(6-15-18)14-17-11(8-21-14)13(20)16-10-4-2-3-5-12(10)19/h2-8,19H,1H3,(H,16,20). The predicted octanol–water partition coefficient (Wildman–Crippen LogP) is 2.50. The Labute approximate surface area is 124 Å². The number of aromatic nitrogens is 3. The summed E-state index contributed by atoms with van der Waals surface area (Å²) in [5.41, 5.74) is 1.53. The van der Waals surface area contributed by atoms with Crippen LogP contribution < -0.4 is 5.32 Å². The molecule has 3 aromatic rings. The Morgan fingerprint density at radius 3 is 2.90 bits per heavy atom. The van der Waals surface area contributed by atoms with Crippen molar-refractivity contribution in [1.82, 2.24) is 14.8 Å². The summed E-state index contributed by atoms with van der Waals surface area (Å²) in [5.74, 6) is -0.337. The maximum atomic E-state index is 12.1. The largest absolute Gasteiger partial charge is 0.506 e. The van der Waals surface area contributed by atoms with E-state index < -0.39 is 0 Å². The monoisotopic (exact) mass is 300 g/mol. The average molecular weight is 300 g/mol. The third-order valence-electron chi connectivity index (χ3n) is 2.84. The highest BCUT2D eigenvalue weighted by molar-refractivity contribution is 7.13. The summed E-state index contributed by atoms with van der Waals surface area (Å²) >= 11 is 1.37. The number of anilines is 1. The lowest BCUT2D eigenvalue weighted by molar-refractivity contribution is 0.102. The van der Waals surface area contributed by atoms with Gasteiger partial charge in [-0.2, -0.15) is 5.10 Å². The van der Waals surface area contributed by atoms with E-state index in [0.29, 0.717) is 11.4 Å². The SMILES string of the molecule is Cn1cc(-c2nc(C(=O)Nc3ccccc3O)cs2)cn1. The van der Waals surface area contributed by atoms with Crippen molar-refractivity contribution in [3.63, 3.8) is 0 Å². The fourth-order valence-corrected chi connectivity index (χ4v) is 2.58. The number of phenolic OH excluding ortho intramolecular Hbond substituents is 1. The average Bonchev–Trinajstić information content (AvgIpc) is 3.10. The van der Waals surface area contributed by atoms with Gasteiger partial charge in [0.2, 0.25) is 0 Å². The van der Waals surface area contributed by atoms with Crippen molar-refractivity contribution in [3.8, 4) is 16.3 Å². The second-order valence-corrected chi connectivity index (χ2v) is 5.27. The number of hydrogen-bond acceptors (Lipinski definition) is 5. The highest BCUT2D eigenvalue weighted by Gasteiger charge is 2.14. The zero-order chi connectivity index (χ0) is 14.8. The van der Waals surface area contributed by atoms with Gasteiger partial charge in [0.05, 0.1) is 11.9 Å². The van der Waals surface area contributed by atoms with Crippen molar-refractivity contribution in [2.75, 3.05) is 5.32 Å². The zero-order valence-electron chi connectivity index (χ0n) is 11.1. The molecule has 106 valence electrons. The van der Waals surface area contributed by atoms with Gasteiger partial charge >= 0.3 is 0 Å². The number of benzene rings is 1. The summed E-state index contributed by atoms with van der Waals surface area (Å²) in [6.07, 6.45) is 3.53. The molecule has 2 heterocycles. The van der Waals surface area contributed by atoms with Crippen LogP contribution in [0.4, 0.5) is 5.69 Å². The van der Waals surface area contributed by atoms with Gasteiger partial charge in [0.15, 0.2) is 0 Å². The van der Waals surface area contributed by atoms with E-state index in [4.69, 9.17) is 0 Å². The predicted molar refractivity (Wildman–Crippen MR) is 80.4 cm³/mol. The zero-order valence-corrected chi connectivity index (χ0v) is 12.0. The van der Waals surface area contributed by atoms with Gasteiger partial charge in [-0.15, -0.1) is 11.3 Å². The minimum Gasteiger partial charge on any atom is -0.506 e. The molecule has 0 unspecified atom stereocenters. The summed E-state index contributed by atoms with van der Waals surface area (Å²) in [7, 11) is 1.82. The molecular weight excluding hydrogens is 288 g/mol. The van der Waals surface area contributed by atoms with E-state index >= 15 is 0 Å². The number of nitrogens with one attached hydrogen (secondary N) is 1. The van der Waals surface area contributed by atoms with Gasteiger partial charge in [0, 0.05) is 24.2 Å². The first-order chi connectivity index (χ1) is 10.1. The lowest BCUT2D eigenvalue weighted by Gasteiger charge is -2.04. The third-order valence-corrected chi connectivity index (χ3v) is 3.73. The minimum absolute atomic E-state index is 0.0218. The number of nitrogens with zero attached hydrogens (tertiary/aromatic N) is 3. The van der Waals surface area contributed by atoms with Crippen LogP contribution in [0, 0.1) is 0 Å². The van der Waals surface area contributed by atoms with Gasteiger partial charge in [-0.05, 0) is 12.1 Å². The number of aromatic hydroxyl groups is 1. The van der Waals surface area contributed by atoms with E-state index in [2.05, 4.69) is 15.4 Å². The molecule has 0 bridgehead atoms. The number of hydrogen-bond donors (Lipinski definition) is 2. The van der Waals surface area contributed by atoms with Crippen molar-refractivity contribution < 1.29 is 9.90 Å². The lowest BCUT2D eigenvalue weighted by Crippen LogP contribution is -2.12. The van der Waals surface area contributed by atoms with Crippen molar-refractivity contribution in [3.05, 3.63) is 47.7 Å². The molecule has 0 aliphatic carbocycles. The van der Waals surface area contributed by atoms with Gasteiger partial charge in [0.25, 0.3) is 5.91 Å². The Bertz CT molecular complexity index is 794. The molecule has 2 N–H and O–H groups in total. The fourth-order valence-electron chi connectivity index (χ4n) is 1.81. The van der Waals surface area contributed by atoms with Crippen LogP contribution in [-0.4, -0.2) is 25.8 Å². The normalized spacial score (nSPS) is 10.5. The number of rotatable bonds is 3. The molecular formula is C14H12N4O2S. The number of phenols is 1. The van der Waals surface area contributed by atoms with Gasteiger partial charge in [0.1, 0.15) is 16.5 Å². The molecule has 0 aliphatic heterocycles. The quantitative estimate of drug-likeness (QED) is 0.728. The summed E-state index contributed by atoms with van der Waals surface area (Å²) in [5, 5.41) is 18.8. The van der Waals surface area contributed by atoms with Crippen LogP contribution in [0.5, 0.6) is 5.75 Å². The summed E-state index contributed by atoms with van der Waals surface area (Å²) in [6, 6.07) is 6.56. The first-order valence-corrected chi connectivity index (χ1v) is 7.05. The number of carbonyl (C=O) groups excluding carboxylic acids is 1. The number of aryl methyl sites for hydroxylation is 1. The highest BCUT2D eigenvalue weighted by Crippen LogP contribution is 2.25. The van der Waals surface area contributed by atoms with Crippen molar-refractivity contribution >= 4 is 22.9 Å². The number of thiazole rings is 1. The first kappa shape index (κ1) is 13.3. The smallest absolute Gasteiger partial charge is 0.275 e. The Morgan fingerprint density at radius 1 is 1.38 bits per heavy atom. The summed E-state index contributed by atoms with van der Waals surface area (Å²) in [4.78, 5) is 16.4. The Morgan fingerprint density at radius 2 is 2.19 bits per heavy atom. The first-order valence-electron chi connectivity index (χ1n) is 6.17. The summed E-state index contributed by atoms with van der Waals surface area (Å²) < 4.78 is 1.68. The van der Waals surface area contributed by atoms with Crippen LogP contribution in [0.1, 0.15) is 10.5 Å². The van der Waals surface area contributed by atoms with Gasteiger partial charge in [-0.1, -0.05) is 12.1 Å². The molecule has 1 amide bonds. The minimum atomic E-state index is -0.358. The second-order valence-electron chi connectivity index (χ2n) is 4.41. The third kappa shape index (κ3) is 2.77. The number of amides is 1. The molecule has 0 saturated carbocycles. The topological polar surface area (TPSA) is 80.0 Å². The molecule has 0 atom stereocenters. The molecule has 6 nitrogen and oxygen atoms in total. The molecule has 0 fully saturated rings. The van der Waals surface area contributed by atoms with E-state index in [1.807, 2.05) is 13.2 Å². The molecule has 3 rings (SSSR count). The van der Waals surface area contributed by atoms with E-state index in [1.54, 1.807) is 34.5 Å². The maximum absolute atomic E-state index is 12.1. The summed E-state index contributed by atoms with van der Waals surface area (Å²) in [6.45, 7) is 0. The Hall–Kier alpha value is -2.67. The van der Waals surface area contributed by atoms with Crippen LogP contribution in [0.2, 0.25) is 0 Å². The van der Waals surface area contributed by atoms with Crippen LogP contribution in [0.25, 0.3) is 10.6 Å². The van der Waals surface area contributed by atoms with Crippen LogP contribution >= 0.6 is 11.3 Å². The van der Waals surface area contributed by atoms with Crippen molar-refractivity contribution in [2.24, 2.45) is 7.05 Å². The molecule has 7 heteroatoms. The van der Waals surface area contributed by atoms with Crippen LogP contribution in [0.3, 0.4) is 0 Å². The maximum Gasteiger partial charge on any atom is 0.275 e. The number of carbonyl (C=O) groups is 1. The molecule has 0 radical (unpaired) electrons. The van der Waals surface area contributed by atoms with Gasteiger partial charge in [-0.3, -0.25) is 9.48 Å². The molecule has 0 aliphatic rings. The fraction of sp³-hybridized carbons (Fsp3) is 0.0714. The Balaban J connectivity index is 1.80. The van der Waals surface area contributed by atoms with Crippen LogP contribution in [0.15, 0.2) is 42.0 Å². The number of para-hydroxylation sites is 2. The van der Waals surface area contributed by atoms with Crippen molar-refractivity contribution in [1.29, 1.82) is 0 Å². The van der Waals surface area contributed by atoms with Gasteiger partial charge in [-0.25, -0.2) is 4.98 Å². The van der Waals surface area contributed by atoms with Crippen molar-refractivity contribution in [2.45, 2.75) is 0 Å². The van der Waals surface area contributed by atoms with Crippen LogP contribution in [-0.2, 0) is 7.05 Å². The van der Waals surface area contributed by atoms with E-state index in [-0.39, 0.29) is 11.7 Å².